The van der Waals surface area contributed by atoms with E-state index in [1.807, 2.05) is 11.0 Å². The average Bonchev–Trinajstić information content (AvgIpc) is 3.21. The molecule has 1 fully saturated rings. The van der Waals surface area contributed by atoms with Gasteiger partial charge in [-0.1, -0.05) is 6.07 Å². The molecule has 0 bridgehead atoms. The number of carbonyl (C=O) groups is 1. The summed E-state index contributed by atoms with van der Waals surface area (Å²) in [7, 11) is -3.96. The van der Waals surface area contributed by atoms with Crippen LogP contribution >= 0.6 is 0 Å². The summed E-state index contributed by atoms with van der Waals surface area (Å²) in [6.07, 6.45) is 0.909. The second-order valence-corrected chi connectivity index (χ2v) is 8.61. The number of amides is 1. The number of nitrogens with two attached hydrogens (primary N) is 1. The number of sulfonamides is 1. The summed E-state index contributed by atoms with van der Waals surface area (Å²) in [5.74, 6) is -0.533. The molecule has 2 aliphatic heterocycles. The zero-order valence-electron chi connectivity index (χ0n) is 15.8. The topological polar surface area (TPSA) is 126 Å². The van der Waals surface area contributed by atoms with Crippen LogP contribution in [0.5, 0.6) is 0 Å². The van der Waals surface area contributed by atoms with Gasteiger partial charge in [0.15, 0.2) is 0 Å². The Bertz CT molecular complexity index is 1030. The predicted octanol–water partition coefficient (Wildman–Crippen LogP) is 0.697. The number of nitrogen functional groups attached to an aromatic ring is 1. The van der Waals surface area contributed by atoms with Crippen LogP contribution in [0.15, 0.2) is 41.3 Å². The van der Waals surface area contributed by atoms with Crippen LogP contribution in [-0.4, -0.2) is 47.2 Å². The molecular weight excluding hydrogens is 394 g/mol. The summed E-state index contributed by atoms with van der Waals surface area (Å²) in [5, 5.41) is 3.19. The van der Waals surface area contributed by atoms with Gasteiger partial charge in [0.1, 0.15) is 0 Å². The second kappa shape index (κ2) is 7.90. The van der Waals surface area contributed by atoms with E-state index >= 15 is 0 Å². The van der Waals surface area contributed by atoms with Crippen molar-refractivity contribution in [2.24, 2.45) is 0 Å². The Labute approximate surface area is 169 Å². The highest BCUT2D eigenvalue weighted by Gasteiger charge is 2.21. The first-order valence-electron chi connectivity index (χ1n) is 9.35. The lowest BCUT2D eigenvalue weighted by atomic mass is 10.1. The van der Waals surface area contributed by atoms with E-state index in [0.717, 1.165) is 24.2 Å². The van der Waals surface area contributed by atoms with Crippen molar-refractivity contribution in [3.63, 3.8) is 0 Å². The molecule has 29 heavy (non-hydrogen) atoms. The minimum Gasteiger partial charge on any atom is -0.397 e. The zero-order chi connectivity index (χ0) is 20.4. The van der Waals surface area contributed by atoms with Crippen LogP contribution in [0.25, 0.3) is 0 Å². The Morgan fingerprint density at radius 1 is 1.14 bits per heavy atom. The molecule has 0 radical (unpaired) electrons. The number of hydrogen-bond acceptors (Lipinski definition) is 7. The third-order valence-electron chi connectivity index (χ3n) is 5.04. The summed E-state index contributed by atoms with van der Waals surface area (Å²) in [6, 6.07) is 9.73. The van der Waals surface area contributed by atoms with Crippen molar-refractivity contribution in [1.82, 2.24) is 10.3 Å². The van der Waals surface area contributed by atoms with Crippen LogP contribution in [0, 0.1) is 0 Å². The van der Waals surface area contributed by atoms with Gasteiger partial charge in [-0.3, -0.25) is 10.2 Å². The van der Waals surface area contributed by atoms with Gasteiger partial charge in [-0.05, 0) is 42.3 Å². The Kier molecular flexibility index (Phi) is 5.31. The van der Waals surface area contributed by atoms with E-state index in [9.17, 15) is 13.2 Å². The van der Waals surface area contributed by atoms with Crippen molar-refractivity contribution < 1.29 is 17.9 Å². The van der Waals surface area contributed by atoms with Crippen LogP contribution in [0.3, 0.4) is 0 Å². The molecular formula is C19H23N5O4S. The molecule has 1 saturated heterocycles. The predicted molar refractivity (Wildman–Crippen MR) is 110 cm³/mol. The number of benzene rings is 2. The van der Waals surface area contributed by atoms with Gasteiger partial charge in [-0.2, -0.15) is 0 Å². The van der Waals surface area contributed by atoms with Crippen LogP contribution in [-0.2, 0) is 21.2 Å². The van der Waals surface area contributed by atoms with E-state index in [0.29, 0.717) is 43.2 Å². The Morgan fingerprint density at radius 3 is 2.72 bits per heavy atom. The van der Waals surface area contributed by atoms with E-state index in [4.69, 9.17) is 10.5 Å². The van der Waals surface area contributed by atoms with E-state index in [2.05, 4.69) is 15.6 Å². The number of fused-ring (bicyclic) bond motifs is 1. The van der Waals surface area contributed by atoms with Gasteiger partial charge in [0, 0.05) is 30.9 Å². The standard InChI is InChI=1S/C19H23N5O4S/c20-16-4-3-15(12-18(16)24-7-9-28-10-8-24)29(26,27)23-22-19(25)14-2-1-13-5-6-21-17(13)11-14/h1-4,11-12,21,23H,5-10,20H2,(H,22,25). The van der Waals surface area contributed by atoms with Crippen molar-refractivity contribution in [3.05, 3.63) is 47.5 Å². The first-order valence-corrected chi connectivity index (χ1v) is 10.8. The van der Waals surface area contributed by atoms with Crippen molar-refractivity contribution in [1.29, 1.82) is 0 Å². The molecule has 1 amide bonds. The fourth-order valence-electron chi connectivity index (χ4n) is 3.45. The molecule has 2 aromatic carbocycles. The van der Waals surface area contributed by atoms with Crippen molar-refractivity contribution in [2.45, 2.75) is 11.3 Å². The summed E-state index contributed by atoms with van der Waals surface area (Å²) < 4.78 is 30.7. The smallest absolute Gasteiger partial charge is 0.266 e. The van der Waals surface area contributed by atoms with E-state index < -0.39 is 15.9 Å². The normalized spacial score (nSPS) is 16.2. The van der Waals surface area contributed by atoms with Gasteiger partial charge in [-0.25, -0.2) is 8.42 Å². The van der Waals surface area contributed by atoms with Crippen molar-refractivity contribution in [3.8, 4) is 0 Å². The molecule has 0 spiro atoms. The maximum absolute atomic E-state index is 12.7. The maximum Gasteiger partial charge on any atom is 0.266 e. The molecule has 4 rings (SSSR count). The molecule has 2 heterocycles. The molecule has 0 atom stereocenters. The van der Waals surface area contributed by atoms with Gasteiger partial charge >= 0.3 is 0 Å². The van der Waals surface area contributed by atoms with Gasteiger partial charge in [0.05, 0.1) is 29.5 Å². The summed E-state index contributed by atoms with van der Waals surface area (Å²) in [4.78, 5) is 16.5. The number of hydrogen-bond donors (Lipinski definition) is 4. The van der Waals surface area contributed by atoms with Gasteiger partial charge < -0.3 is 20.7 Å². The Morgan fingerprint density at radius 2 is 1.93 bits per heavy atom. The molecule has 0 aromatic heterocycles. The Hall–Kier alpha value is -2.82. The van der Waals surface area contributed by atoms with E-state index in [1.165, 1.54) is 12.1 Å². The van der Waals surface area contributed by atoms with E-state index in [1.54, 1.807) is 18.2 Å². The first kappa shape index (κ1) is 19.5. The third-order valence-corrected chi connectivity index (χ3v) is 6.29. The molecule has 2 aromatic rings. The second-order valence-electron chi connectivity index (χ2n) is 6.93. The minimum absolute atomic E-state index is 0.0177. The van der Waals surface area contributed by atoms with Crippen LogP contribution in [0.2, 0.25) is 0 Å². The molecule has 2 aliphatic rings. The average molecular weight is 417 g/mol. The number of nitrogens with one attached hydrogen (secondary N) is 3. The quantitative estimate of drug-likeness (QED) is 0.417. The molecule has 0 unspecified atom stereocenters. The lowest BCUT2D eigenvalue weighted by Crippen LogP contribution is -2.41. The fraction of sp³-hybridized carbons (Fsp3) is 0.316. The first-order chi connectivity index (χ1) is 13.9. The highest BCUT2D eigenvalue weighted by atomic mass is 32.2. The third kappa shape index (κ3) is 4.14. The summed E-state index contributed by atoms with van der Waals surface area (Å²) >= 11 is 0. The largest absolute Gasteiger partial charge is 0.397 e. The summed E-state index contributed by atoms with van der Waals surface area (Å²) in [6.45, 7) is 3.20. The van der Waals surface area contributed by atoms with Gasteiger partial charge in [-0.15, -0.1) is 4.83 Å². The molecule has 10 heteroatoms. The molecule has 0 aliphatic carbocycles. The number of morpholine rings is 1. The number of nitrogens with zero attached hydrogens (tertiary/aromatic N) is 1. The van der Waals surface area contributed by atoms with Crippen LogP contribution < -0.4 is 26.2 Å². The van der Waals surface area contributed by atoms with Crippen molar-refractivity contribution >= 4 is 33.0 Å². The molecule has 154 valence electrons. The maximum atomic E-state index is 12.7. The lowest BCUT2D eigenvalue weighted by Gasteiger charge is -2.30. The number of hydrazine groups is 1. The van der Waals surface area contributed by atoms with Crippen LogP contribution in [0.4, 0.5) is 17.1 Å². The number of anilines is 3. The molecule has 5 N–H and O–H groups in total. The highest BCUT2D eigenvalue weighted by molar-refractivity contribution is 7.89. The van der Waals surface area contributed by atoms with Crippen LogP contribution in [0.1, 0.15) is 15.9 Å². The number of ether oxygens (including phenoxy) is 1. The molecule has 9 nitrogen and oxygen atoms in total. The fourth-order valence-corrected chi connectivity index (χ4v) is 4.30. The lowest BCUT2D eigenvalue weighted by molar-refractivity contribution is 0.0945. The summed E-state index contributed by atoms with van der Waals surface area (Å²) in [5.41, 5.74) is 11.8. The zero-order valence-corrected chi connectivity index (χ0v) is 16.6. The van der Waals surface area contributed by atoms with Gasteiger partial charge in [0.25, 0.3) is 15.9 Å². The van der Waals surface area contributed by atoms with Gasteiger partial charge in [0.2, 0.25) is 0 Å². The number of rotatable bonds is 5. The molecule has 0 saturated carbocycles. The number of carbonyl (C=O) groups excluding carboxylic acids is 1. The van der Waals surface area contributed by atoms with E-state index in [-0.39, 0.29) is 4.90 Å². The highest BCUT2D eigenvalue weighted by Crippen LogP contribution is 2.27. The van der Waals surface area contributed by atoms with Crippen molar-refractivity contribution in [2.75, 3.05) is 48.8 Å². The minimum atomic E-state index is -3.96. The monoisotopic (exact) mass is 417 g/mol. The Balaban J connectivity index is 1.48. The SMILES string of the molecule is Nc1ccc(S(=O)(=O)NNC(=O)c2ccc3c(c2)NCC3)cc1N1CCOCC1.